The molecule has 650 valence electrons. The van der Waals surface area contributed by atoms with Crippen molar-refractivity contribution >= 4 is 136 Å². The standard InChI is InChI=1S/C62H70N19O37P3/c1-32(86)103-16-61(12-65,57(92)99-5)20-112-120(95,108-7-34-40(88)41(89)52(114-34)79-25-76-37-46(67)70-22-73-49(37)79)117-45-43(106-31-85)36(116-54(45)81-27-78-39-48(69)72-24-75-51(39)81)9-109-121(96,113-21-62(13-66,58(93)100-6)17-104-33(2)87)118-44-42(105-30-84)35(115-53(44)80-26-77-38-47(68)71-23-74-50(38)80)8-107-119(94,110-18-59(10-63,14-101-28-82)55(90)97-3)111-19-60(11-64,15-102-29-83)56(91)98-4/h22-31,34-36,40-45,52-54,88-89H,7-9,14-21H2,1-6H3,(H2,67,70,73)(H2,68,71,74)(H2,69,72,75)/t34-,35-,36-,40-,41-,42-,43-,44-,45-,52-,53-,54-,59?,60?,61?,62?,119?,120?,121?/m1/s1. The molecule has 0 saturated carbocycles. The van der Waals surface area contributed by atoms with E-state index in [-0.39, 0.29) is 76.8 Å². The first-order chi connectivity index (χ1) is 57.7. The number of aliphatic hydroxyl groups is 2. The second kappa shape index (κ2) is 39.8. The maximum Gasteiger partial charge on any atom is 0.475 e. The highest BCUT2D eigenvalue weighted by Crippen LogP contribution is 2.60. The number of aliphatic hydroxyl groups excluding tert-OH is 2. The van der Waals surface area contributed by atoms with Crippen LogP contribution in [0.25, 0.3) is 33.5 Å². The van der Waals surface area contributed by atoms with Gasteiger partial charge in [0.25, 0.3) is 25.9 Å². The minimum atomic E-state index is -6.20. The summed E-state index contributed by atoms with van der Waals surface area (Å²) < 4.78 is 172. The van der Waals surface area contributed by atoms with Gasteiger partial charge < -0.3 is 89.0 Å². The van der Waals surface area contributed by atoms with Crippen molar-refractivity contribution in [2.75, 3.05) is 118 Å². The van der Waals surface area contributed by atoms with Crippen LogP contribution in [0.4, 0.5) is 17.5 Å². The van der Waals surface area contributed by atoms with Crippen LogP contribution in [0.15, 0.2) is 38.0 Å². The van der Waals surface area contributed by atoms with Gasteiger partial charge in [0, 0.05) is 13.8 Å². The first-order valence-electron chi connectivity index (χ1n) is 34.1. The lowest BCUT2D eigenvalue weighted by Gasteiger charge is -2.31. The molecule has 9 rings (SSSR count). The normalized spacial score (nSPS) is 24.1. The van der Waals surface area contributed by atoms with Crippen molar-refractivity contribution in [3.8, 4) is 24.3 Å². The Kier molecular flexibility index (Phi) is 30.5. The van der Waals surface area contributed by atoms with Crippen LogP contribution in [0.1, 0.15) is 32.5 Å². The zero-order valence-electron chi connectivity index (χ0n) is 63.4. The molecule has 3 fully saturated rings. The van der Waals surface area contributed by atoms with E-state index in [1.165, 1.54) is 12.1 Å². The van der Waals surface area contributed by atoms with Crippen LogP contribution in [-0.4, -0.2) is 287 Å². The van der Waals surface area contributed by atoms with Crippen molar-refractivity contribution in [2.45, 2.75) is 87.5 Å². The second-order valence-electron chi connectivity index (χ2n) is 25.4. The molecule has 0 amide bonds. The van der Waals surface area contributed by atoms with Crippen LogP contribution in [-0.2, 0) is 164 Å². The van der Waals surface area contributed by atoms with Crippen molar-refractivity contribution in [3.05, 3.63) is 38.0 Å². The number of nitrogens with zero attached hydrogens (tertiary/aromatic N) is 16. The zero-order chi connectivity index (χ0) is 88.4. The van der Waals surface area contributed by atoms with E-state index >= 15 is 13.7 Å². The number of aromatic nitrogens is 12. The smallest absolute Gasteiger partial charge is 0.468 e. The molecule has 3 aliphatic rings. The summed E-state index contributed by atoms with van der Waals surface area (Å²) in [5, 5.41) is 65.1. The fraction of sp³-hybridized carbons (Fsp3) is 0.532. The van der Waals surface area contributed by atoms with Crippen LogP contribution in [0, 0.1) is 67.0 Å². The first kappa shape index (κ1) is 92.7. The maximum atomic E-state index is 16.5. The molecule has 8 N–H and O–H groups in total. The summed E-state index contributed by atoms with van der Waals surface area (Å²) in [6.07, 6.45) is -19.6. The highest BCUT2D eigenvalue weighted by molar-refractivity contribution is 7.49. The molecule has 9 heterocycles. The van der Waals surface area contributed by atoms with Crippen LogP contribution in [0.3, 0.4) is 0 Å². The van der Waals surface area contributed by atoms with Gasteiger partial charge in [0.1, 0.15) is 92.5 Å². The molecule has 0 aromatic carbocycles. The monoisotopic (exact) mass is 1770 g/mol. The van der Waals surface area contributed by atoms with Gasteiger partial charge in [-0.1, -0.05) is 0 Å². The Balaban J connectivity index is 1.17. The number of phosphoric ester groups is 3. The number of esters is 6. The van der Waals surface area contributed by atoms with Gasteiger partial charge >= 0.3 is 59.3 Å². The molecule has 0 aliphatic carbocycles. The van der Waals surface area contributed by atoms with E-state index in [0.717, 1.165) is 94.0 Å². The van der Waals surface area contributed by atoms with E-state index in [1.54, 1.807) is 12.1 Å². The Bertz CT molecular complexity index is 5120. The maximum absolute atomic E-state index is 16.5. The Morgan fingerprint density at radius 2 is 0.736 bits per heavy atom. The van der Waals surface area contributed by atoms with E-state index in [0.29, 0.717) is 0 Å². The quantitative estimate of drug-likeness (QED) is 0.0111. The zero-order valence-corrected chi connectivity index (χ0v) is 66.1. The molecule has 0 spiro atoms. The van der Waals surface area contributed by atoms with Crippen LogP contribution >= 0.6 is 23.5 Å². The molecule has 6 aromatic rings. The number of methoxy groups -OCH3 is 4. The number of carbonyl (C=O) groups excluding carboxylic acids is 10. The van der Waals surface area contributed by atoms with Gasteiger partial charge in [0.2, 0.25) is 21.7 Å². The average molecular weight is 1770 g/mol. The molecule has 18 atom stereocenters. The molecule has 121 heavy (non-hydrogen) atoms. The molecule has 6 aromatic heterocycles. The molecular weight excluding hydrogens is 1700 g/mol. The Hall–Kier alpha value is -12.2. The summed E-state index contributed by atoms with van der Waals surface area (Å²) in [7, 11) is -14.9. The van der Waals surface area contributed by atoms with Crippen molar-refractivity contribution in [2.24, 2.45) is 21.7 Å². The van der Waals surface area contributed by atoms with Crippen molar-refractivity contribution in [3.63, 3.8) is 0 Å². The summed E-state index contributed by atoms with van der Waals surface area (Å²) in [6, 6.07) is 6.09. The van der Waals surface area contributed by atoms with Crippen molar-refractivity contribution < 1.29 is 174 Å². The Morgan fingerprint density at radius 1 is 0.430 bits per heavy atom. The lowest BCUT2D eigenvalue weighted by molar-refractivity contribution is -0.160. The topological polar surface area (TPSA) is 769 Å². The third kappa shape index (κ3) is 20.2. The van der Waals surface area contributed by atoms with E-state index in [1.807, 2.05) is 0 Å². The summed E-state index contributed by atoms with van der Waals surface area (Å²) in [5.74, 6) is -9.06. The number of rotatable bonds is 46. The average Bonchev–Trinajstić information content (AvgIpc) is 1.61. The number of phosphoric acid groups is 3. The molecule has 0 radical (unpaired) electrons. The van der Waals surface area contributed by atoms with E-state index < -0.39 is 227 Å². The summed E-state index contributed by atoms with van der Waals surface area (Å²) in [4.78, 5) is 164. The van der Waals surface area contributed by atoms with Crippen LogP contribution in [0.2, 0.25) is 0 Å². The van der Waals surface area contributed by atoms with Crippen LogP contribution in [0.5, 0.6) is 0 Å². The van der Waals surface area contributed by atoms with Crippen molar-refractivity contribution in [1.82, 2.24) is 58.6 Å². The minimum Gasteiger partial charge on any atom is -0.468 e. The van der Waals surface area contributed by atoms with Gasteiger partial charge in [0.15, 0.2) is 77.5 Å². The number of carbonyl (C=O) groups is 10. The fourth-order valence-corrected chi connectivity index (χ4v) is 15.8. The third-order valence-corrected chi connectivity index (χ3v) is 22.1. The highest BCUT2D eigenvalue weighted by Gasteiger charge is 2.59. The molecule has 56 nitrogen and oxygen atoms in total. The second-order valence-corrected chi connectivity index (χ2v) is 30.3. The summed E-state index contributed by atoms with van der Waals surface area (Å²) in [5.41, 5.74) is 6.03. The third-order valence-electron chi connectivity index (χ3n) is 17.9. The summed E-state index contributed by atoms with van der Waals surface area (Å²) >= 11 is 0. The number of anilines is 3. The molecule has 6 unspecified atom stereocenters. The van der Waals surface area contributed by atoms with Crippen molar-refractivity contribution in [1.29, 1.82) is 21.0 Å². The van der Waals surface area contributed by atoms with Gasteiger partial charge in [-0.05, 0) is 0 Å². The number of hydrogen-bond acceptors (Lipinski definition) is 53. The van der Waals surface area contributed by atoms with E-state index in [4.69, 9.17) is 110 Å². The number of ether oxygens (including phenoxy) is 13. The van der Waals surface area contributed by atoms with Crippen LogP contribution < -0.4 is 17.2 Å². The number of fused-ring (bicyclic) bond motifs is 3. The Morgan fingerprint density at radius 3 is 1.05 bits per heavy atom. The Labute approximate surface area is 677 Å². The van der Waals surface area contributed by atoms with Gasteiger partial charge in [-0.15, -0.1) is 0 Å². The molecule has 3 saturated heterocycles. The molecule has 3 aliphatic heterocycles. The molecular formula is C62H70N19O37P3. The lowest BCUT2D eigenvalue weighted by atomic mass is 9.92. The number of imidazole rings is 3. The number of nitriles is 4. The number of nitrogens with two attached hydrogens (primary N) is 3. The highest BCUT2D eigenvalue weighted by atomic mass is 31.2. The fourth-order valence-electron chi connectivity index (χ4n) is 11.6. The number of nitrogen functional groups attached to an aromatic ring is 3. The van der Waals surface area contributed by atoms with Gasteiger partial charge in [-0.3, -0.25) is 102 Å². The minimum absolute atomic E-state index is 0.0173. The SMILES string of the molecule is COC(=O)C(C#N)(COC=O)COP(=O)(OC[C@H]1O[C@@H](n2cnc3c(N)ncnc32)[C@H](OP(=O)(OC[C@H]2O[C@@H](n3cnc4c(N)ncnc43)[C@H](OP(=O)(OC[C@H]3O[C@@H](n4cnc5c(N)ncnc54)[C@H](O)[C@@H]3O)OCC(C#N)(COC(C)=O)C(=O)OC)[C@@H]2OC=O)OCC(C#N)(COC(C)=O)C(=O)OC)[C@@H]1OC=O)OCC(C#N)(COC=O)C(=O)OC. The largest absolute Gasteiger partial charge is 0.475 e. The van der Waals surface area contributed by atoms with E-state index in [2.05, 4.69) is 54.3 Å². The summed E-state index contributed by atoms with van der Waals surface area (Å²) in [6.45, 7) is -14.4. The van der Waals surface area contributed by atoms with E-state index in [9.17, 15) is 79.2 Å². The lowest BCUT2D eigenvalue weighted by Crippen LogP contribution is -2.42. The molecule has 59 heteroatoms. The predicted octanol–water partition coefficient (Wildman–Crippen LogP) is -2.84. The van der Waals surface area contributed by atoms with Gasteiger partial charge in [-0.25, -0.2) is 58.6 Å². The predicted molar refractivity (Wildman–Crippen MR) is 377 cm³/mol. The van der Waals surface area contributed by atoms with Gasteiger partial charge in [0.05, 0.1) is 118 Å². The molecule has 0 bridgehead atoms. The van der Waals surface area contributed by atoms with Gasteiger partial charge in [-0.2, -0.15) is 21.0 Å². The number of hydrogen-bond donors (Lipinski definition) is 5. The first-order valence-corrected chi connectivity index (χ1v) is 38.5.